The third-order valence-electron chi connectivity index (χ3n) is 11.9. The minimum atomic E-state index is -0.679. The smallest absolute Gasteiger partial charge is 0.306 e. The van der Waals surface area contributed by atoms with Gasteiger partial charge in [-0.2, -0.15) is 0 Å². The minimum Gasteiger partial charge on any atom is -0.481 e. The zero-order valence-electron chi connectivity index (χ0n) is 32.0. The van der Waals surface area contributed by atoms with Gasteiger partial charge in [-0.25, -0.2) is 14.4 Å². The van der Waals surface area contributed by atoms with Crippen molar-refractivity contribution in [2.24, 2.45) is 25.9 Å². The van der Waals surface area contributed by atoms with Crippen molar-refractivity contribution < 1.29 is 24.2 Å². The lowest BCUT2D eigenvalue weighted by molar-refractivity contribution is -0.143. The van der Waals surface area contributed by atoms with Gasteiger partial charge in [-0.1, -0.05) is 30.3 Å². The highest BCUT2D eigenvalue weighted by Crippen LogP contribution is 2.35. The van der Waals surface area contributed by atoms with Crippen molar-refractivity contribution in [1.29, 1.82) is 0 Å². The normalized spacial score (nSPS) is 20.0. The van der Waals surface area contributed by atoms with E-state index in [1.165, 1.54) is 0 Å². The molecule has 11 nitrogen and oxygen atoms in total. The van der Waals surface area contributed by atoms with Crippen LogP contribution in [0.15, 0.2) is 36.4 Å². The van der Waals surface area contributed by atoms with Crippen molar-refractivity contribution in [3.8, 4) is 11.1 Å². The number of nitrogens with zero attached hydrogens (tertiary/aromatic N) is 6. The number of carboxylic acids is 1. The van der Waals surface area contributed by atoms with Gasteiger partial charge in [0.25, 0.3) is 5.91 Å². The molecule has 54 heavy (non-hydrogen) atoms. The number of aliphatic carboxylic acids is 1. The van der Waals surface area contributed by atoms with E-state index in [-0.39, 0.29) is 11.8 Å². The Hall–Kier alpha value is -4.65. The Labute approximate surface area is 316 Å². The van der Waals surface area contributed by atoms with Crippen molar-refractivity contribution in [2.45, 2.75) is 78.5 Å². The molecule has 2 aromatic carbocycles. The number of imidazole rings is 2. The van der Waals surface area contributed by atoms with Crippen molar-refractivity contribution >= 4 is 29.5 Å². The highest BCUT2D eigenvalue weighted by Gasteiger charge is 2.30. The van der Waals surface area contributed by atoms with Crippen LogP contribution in [0.3, 0.4) is 0 Å². The molecule has 2 aromatic heterocycles. The second-order valence-electron chi connectivity index (χ2n) is 15.6. The van der Waals surface area contributed by atoms with Crippen LogP contribution in [0, 0.1) is 25.7 Å². The first-order valence-electron chi connectivity index (χ1n) is 19.2. The summed E-state index contributed by atoms with van der Waals surface area (Å²) in [6.07, 6.45) is 6.04. The molecule has 1 aliphatic carbocycles. The van der Waals surface area contributed by atoms with Crippen LogP contribution < -0.4 is 5.32 Å². The minimum absolute atomic E-state index is 0.215. The van der Waals surface area contributed by atoms with Crippen LogP contribution in [0.25, 0.3) is 23.0 Å². The van der Waals surface area contributed by atoms with Crippen LogP contribution in [0.1, 0.15) is 88.5 Å². The van der Waals surface area contributed by atoms with E-state index in [9.17, 15) is 19.8 Å². The second kappa shape index (κ2) is 15.6. The molecule has 4 aromatic rings. The lowest BCUT2D eigenvalue weighted by atomic mass is 9.81. The van der Waals surface area contributed by atoms with E-state index >= 15 is 4.39 Å². The quantitative estimate of drug-likeness (QED) is 0.177. The van der Waals surface area contributed by atoms with Gasteiger partial charge in [0, 0.05) is 83.3 Å². The third kappa shape index (κ3) is 7.65. The van der Waals surface area contributed by atoms with E-state index in [2.05, 4.69) is 15.1 Å². The van der Waals surface area contributed by atoms with Crippen LogP contribution in [0.2, 0.25) is 0 Å². The standard InChI is InChI=1S/C42H52FN7O4/c1-25(51)21-49-18-16-38-36(23-49)45-40(48(38)5)41(52)46-34-11-7-10-32(27(34)3)31-9-6-8-30(26(31)2)20-33(43)39-44-35-24-50(19-17-37(35)47(39)4)22-28-12-14-29(15-13-28)42(53)54/h6-11,20,25,28-29,51H,12-19,21-24H2,1-5H3,(H,46,52)(H,53,54)/b33-20-/t25-,28?,29?/m1/s1. The van der Waals surface area contributed by atoms with E-state index in [1.54, 1.807) is 13.0 Å². The number of benzene rings is 2. The summed E-state index contributed by atoms with van der Waals surface area (Å²) in [6, 6.07) is 11.7. The van der Waals surface area contributed by atoms with Crippen LogP contribution in [-0.4, -0.2) is 83.3 Å². The summed E-state index contributed by atoms with van der Waals surface area (Å²) in [4.78, 5) is 39.0. The van der Waals surface area contributed by atoms with Crippen molar-refractivity contribution in [3.05, 3.63) is 87.5 Å². The van der Waals surface area contributed by atoms with Gasteiger partial charge < -0.3 is 24.7 Å². The Morgan fingerprint density at radius 2 is 1.48 bits per heavy atom. The SMILES string of the molecule is Cc1c(/C=C(\F)c2nc3c(n2C)CCN(CC2CCC(C(=O)O)CC2)C3)cccc1-c1cccc(NC(=O)c2nc3c(n2C)CCN(C[C@@H](C)O)C3)c1C. The zero-order valence-corrected chi connectivity index (χ0v) is 32.0. The lowest BCUT2D eigenvalue weighted by Gasteiger charge is -2.33. The van der Waals surface area contributed by atoms with Gasteiger partial charge >= 0.3 is 5.97 Å². The maximum absolute atomic E-state index is 16.1. The number of aliphatic hydroxyl groups excluding tert-OH is 1. The third-order valence-corrected chi connectivity index (χ3v) is 11.9. The highest BCUT2D eigenvalue weighted by molar-refractivity contribution is 6.03. The molecular formula is C42H52FN7O4. The number of amides is 1. The average molecular weight is 738 g/mol. The van der Waals surface area contributed by atoms with Gasteiger partial charge in [-0.05, 0) is 92.3 Å². The van der Waals surface area contributed by atoms with Crippen LogP contribution >= 0.6 is 0 Å². The second-order valence-corrected chi connectivity index (χ2v) is 15.6. The van der Waals surface area contributed by atoms with E-state index in [0.29, 0.717) is 42.9 Å². The topological polar surface area (TPSA) is 129 Å². The summed E-state index contributed by atoms with van der Waals surface area (Å²) < 4.78 is 19.9. The number of anilines is 1. The molecule has 7 rings (SSSR count). The Bertz CT molecular complexity index is 2090. The van der Waals surface area contributed by atoms with Crippen LogP contribution in [0.5, 0.6) is 0 Å². The Morgan fingerprint density at radius 3 is 2.15 bits per heavy atom. The number of carboxylic acid groups (broad SMARTS) is 1. The van der Waals surface area contributed by atoms with Gasteiger partial charge in [0.05, 0.1) is 23.4 Å². The number of carbonyl (C=O) groups is 2. The number of rotatable bonds is 10. The molecule has 0 radical (unpaired) electrons. The fraction of sp³-hybridized carbons (Fsp3) is 0.476. The van der Waals surface area contributed by atoms with Crippen molar-refractivity contribution in [1.82, 2.24) is 28.9 Å². The molecule has 1 saturated carbocycles. The number of hydrogen-bond donors (Lipinski definition) is 3. The molecule has 1 amide bonds. The van der Waals surface area contributed by atoms with Gasteiger partial charge in [0.1, 0.15) is 0 Å². The van der Waals surface area contributed by atoms with E-state index in [4.69, 9.17) is 9.97 Å². The highest BCUT2D eigenvalue weighted by atomic mass is 19.1. The van der Waals surface area contributed by atoms with Crippen molar-refractivity contribution in [3.63, 3.8) is 0 Å². The summed E-state index contributed by atoms with van der Waals surface area (Å²) >= 11 is 0. The van der Waals surface area contributed by atoms with Crippen LogP contribution in [0.4, 0.5) is 10.1 Å². The predicted molar refractivity (Wildman–Crippen MR) is 207 cm³/mol. The molecule has 0 unspecified atom stereocenters. The molecule has 0 spiro atoms. The van der Waals surface area contributed by atoms with Gasteiger partial charge in [0.15, 0.2) is 17.5 Å². The number of aromatic nitrogens is 4. The number of halogens is 1. The fourth-order valence-corrected chi connectivity index (χ4v) is 8.77. The summed E-state index contributed by atoms with van der Waals surface area (Å²) in [6.45, 7) is 10.2. The fourth-order valence-electron chi connectivity index (χ4n) is 8.77. The molecule has 0 saturated heterocycles. The number of nitrogens with one attached hydrogen (secondary N) is 1. The zero-order chi connectivity index (χ0) is 38.3. The molecule has 0 bridgehead atoms. The Balaban J connectivity index is 1.06. The molecular weight excluding hydrogens is 686 g/mol. The number of carbonyl (C=O) groups excluding carboxylic acids is 1. The predicted octanol–water partition coefficient (Wildman–Crippen LogP) is 6.15. The average Bonchev–Trinajstić information content (AvgIpc) is 3.65. The van der Waals surface area contributed by atoms with Crippen molar-refractivity contribution in [2.75, 3.05) is 31.5 Å². The molecule has 3 aliphatic rings. The van der Waals surface area contributed by atoms with E-state index in [0.717, 1.165) is 109 Å². The number of β-amino-alcohol motifs (C(OH)–C–C–N with tert-alkyl or cyclic N) is 1. The molecule has 1 fully saturated rings. The summed E-state index contributed by atoms with van der Waals surface area (Å²) in [7, 11) is 3.76. The molecule has 2 aliphatic heterocycles. The van der Waals surface area contributed by atoms with Gasteiger partial charge in [-0.3, -0.25) is 19.4 Å². The first kappa shape index (κ1) is 37.7. The summed E-state index contributed by atoms with van der Waals surface area (Å²) in [5, 5.41) is 22.3. The lowest BCUT2D eigenvalue weighted by Crippen LogP contribution is -2.36. The van der Waals surface area contributed by atoms with Gasteiger partial charge in [0.2, 0.25) is 0 Å². The molecule has 4 heterocycles. The number of fused-ring (bicyclic) bond motifs is 2. The first-order chi connectivity index (χ1) is 25.9. The largest absolute Gasteiger partial charge is 0.481 e. The number of hydrogen-bond acceptors (Lipinski definition) is 7. The molecule has 1 atom stereocenters. The molecule has 12 heteroatoms. The maximum Gasteiger partial charge on any atom is 0.306 e. The monoisotopic (exact) mass is 737 g/mol. The molecule has 3 N–H and O–H groups in total. The Kier molecular flexibility index (Phi) is 10.9. The number of aliphatic hydroxyl groups is 1. The maximum atomic E-state index is 16.1. The summed E-state index contributed by atoms with van der Waals surface area (Å²) in [5.74, 6) is -0.413. The van der Waals surface area contributed by atoms with Gasteiger partial charge in [-0.15, -0.1) is 0 Å². The summed E-state index contributed by atoms with van der Waals surface area (Å²) in [5.41, 5.74) is 9.02. The van der Waals surface area contributed by atoms with E-state index < -0.39 is 17.9 Å². The van der Waals surface area contributed by atoms with Crippen LogP contribution in [-0.2, 0) is 44.8 Å². The molecule has 286 valence electrons. The van der Waals surface area contributed by atoms with E-state index in [1.807, 2.05) is 73.5 Å². The first-order valence-corrected chi connectivity index (χ1v) is 19.2. The Morgan fingerprint density at radius 1 is 0.889 bits per heavy atom.